The topological polar surface area (TPSA) is 38.7 Å². The zero-order valence-corrected chi connectivity index (χ0v) is 12.2. The molecule has 0 aromatic rings. The van der Waals surface area contributed by atoms with E-state index in [0.717, 1.165) is 0 Å². The number of hydrogen-bond donors (Lipinski definition) is 1. The lowest BCUT2D eigenvalue weighted by Gasteiger charge is -2.27. The van der Waals surface area contributed by atoms with E-state index in [1.165, 1.54) is 0 Å². The van der Waals surface area contributed by atoms with E-state index in [1.807, 2.05) is 26.2 Å². The molecule has 0 atom stereocenters. The predicted octanol–water partition coefficient (Wildman–Crippen LogP) is 1.10. The first-order chi connectivity index (χ1) is 5.89. The summed E-state index contributed by atoms with van der Waals surface area (Å²) in [5.41, 5.74) is 0. The van der Waals surface area contributed by atoms with E-state index in [-0.39, 0.29) is 0 Å². The molecule has 0 aliphatic rings. The lowest BCUT2D eigenvalue weighted by Crippen LogP contribution is -2.47. The van der Waals surface area contributed by atoms with Crippen LogP contribution in [-0.4, -0.2) is 31.7 Å². The molecule has 0 heterocycles. The molecule has 13 heavy (non-hydrogen) atoms. The highest BCUT2D eigenvalue weighted by molar-refractivity contribution is 6.75. The van der Waals surface area contributed by atoms with Crippen LogP contribution in [0, 0.1) is 0 Å². The molecule has 78 valence electrons. The lowest BCUT2D eigenvalue weighted by atomic mass is 10.8. The van der Waals surface area contributed by atoms with Crippen molar-refractivity contribution in [2.24, 2.45) is 0 Å². The van der Waals surface area contributed by atoms with Gasteiger partial charge in [-0.15, -0.1) is 6.58 Å². The van der Waals surface area contributed by atoms with Gasteiger partial charge in [0.25, 0.3) is 0 Å². The molecule has 0 radical (unpaired) electrons. The monoisotopic (exact) mass is 236 g/mol. The normalized spacial score (nSPS) is 12.5. The Morgan fingerprint density at radius 2 is 1.62 bits per heavy atom. The molecule has 0 bridgehead atoms. The van der Waals surface area contributed by atoms with Gasteiger partial charge >= 0.3 is 8.80 Å². The summed E-state index contributed by atoms with van der Waals surface area (Å²) in [5, 5.41) is 0. The summed E-state index contributed by atoms with van der Waals surface area (Å²) in [7, 11) is -5.32. The van der Waals surface area contributed by atoms with Crippen molar-refractivity contribution in [3.63, 3.8) is 0 Å². The third kappa shape index (κ3) is 6.36. The molecule has 1 N–H and O–H groups in total. The zero-order valence-electron chi connectivity index (χ0n) is 8.91. The molecule has 0 aromatic carbocycles. The van der Waals surface area contributed by atoms with Gasteiger partial charge < -0.3 is 13.0 Å². The van der Waals surface area contributed by atoms with Crippen molar-refractivity contribution in [1.29, 1.82) is 0 Å². The van der Waals surface area contributed by atoms with E-state index in [9.17, 15) is 4.80 Å². The molecule has 0 aliphatic carbocycles. The van der Waals surface area contributed by atoms with Crippen molar-refractivity contribution < 1.29 is 13.0 Å². The third-order valence-corrected chi connectivity index (χ3v) is 8.76. The molecular weight excluding hydrogens is 216 g/mol. The maximum atomic E-state index is 10.0. The highest BCUT2D eigenvalue weighted by Crippen LogP contribution is 2.13. The van der Waals surface area contributed by atoms with E-state index >= 15 is 0 Å². The third-order valence-electron chi connectivity index (χ3n) is 1.24. The van der Waals surface area contributed by atoms with Gasteiger partial charge in [-0.2, -0.15) is 0 Å². The summed E-state index contributed by atoms with van der Waals surface area (Å²) >= 11 is 0. The minimum atomic E-state index is -2.87. The molecule has 0 amide bonds. The van der Waals surface area contributed by atoms with Crippen LogP contribution in [0.15, 0.2) is 12.7 Å². The Morgan fingerprint density at radius 3 is 1.85 bits per heavy atom. The Labute approximate surface area is 85.2 Å². The highest BCUT2D eigenvalue weighted by Gasteiger charge is 2.36. The number of hydrogen-bond acceptors (Lipinski definition) is 3. The maximum Gasteiger partial charge on any atom is 0.480 e. The van der Waals surface area contributed by atoms with Crippen molar-refractivity contribution in [1.82, 2.24) is 0 Å². The summed E-state index contributed by atoms with van der Waals surface area (Å²) < 4.78 is 11.1. The lowest BCUT2D eigenvalue weighted by molar-refractivity contribution is 0.259. The first-order valence-corrected chi connectivity index (χ1v) is 12.1. The molecule has 6 heteroatoms. The summed E-state index contributed by atoms with van der Waals surface area (Å²) in [6, 6.07) is 0.476. The van der Waals surface area contributed by atoms with E-state index < -0.39 is 26.9 Å². The van der Waals surface area contributed by atoms with Gasteiger partial charge in [0.15, 0.2) is 18.1 Å². The smallest absolute Gasteiger partial charge is 0.419 e. The summed E-state index contributed by atoms with van der Waals surface area (Å²) in [5.74, 6) is 0. The SMILES string of the molecule is C=CC[Si](O)(O[SiH](C)C)O[SiH](C)C. The van der Waals surface area contributed by atoms with Gasteiger partial charge in [0.05, 0.1) is 0 Å². The maximum absolute atomic E-state index is 10.0. The average Bonchev–Trinajstić information content (AvgIpc) is 1.81. The molecule has 0 unspecified atom stereocenters. The summed E-state index contributed by atoms with van der Waals surface area (Å²) in [4.78, 5) is 10.0. The van der Waals surface area contributed by atoms with Crippen LogP contribution in [0.1, 0.15) is 0 Å². The predicted molar refractivity (Wildman–Crippen MR) is 62.9 cm³/mol. The molecule has 0 aliphatic heterocycles. The molecule has 0 rings (SSSR count). The first-order valence-electron chi connectivity index (χ1n) is 4.58. The van der Waals surface area contributed by atoms with Crippen LogP contribution in [0.25, 0.3) is 0 Å². The minimum Gasteiger partial charge on any atom is -0.419 e. The standard InChI is InChI=1S/C7H20O3Si3/c1-6-7-13(8,9-11(2)3)10-12(4)5/h6,8,11-12H,1,7H2,2-5H3. The van der Waals surface area contributed by atoms with E-state index in [4.69, 9.17) is 8.23 Å². The van der Waals surface area contributed by atoms with Crippen molar-refractivity contribution in [2.45, 2.75) is 32.2 Å². The Hall–Kier alpha value is 0.271. The van der Waals surface area contributed by atoms with E-state index in [1.54, 1.807) is 6.08 Å². The molecule has 0 saturated carbocycles. The molecular formula is C7H20O3Si3. The van der Waals surface area contributed by atoms with Crippen molar-refractivity contribution in [3.8, 4) is 0 Å². The van der Waals surface area contributed by atoms with Crippen LogP contribution in [0.2, 0.25) is 32.2 Å². The summed E-state index contributed by atoms with van der Waals surface area (Å²) in [6.07, 6.45) is 1.68. The first kappa shape index (κ1) is 13.3. The Bertz CT molecular complexity index is 151. The van der Waals surface area contributed by atoms with Crippen LogP contribution in [0.3, 0.4) is 0 Å². The van der Waals surface area contributed by atoms with Gasteiger partial charge in [0, 0.05) is 6.04 Å². The van der Waals surface area contributed by atoms with Crippen molar-refractivity contribution in [3.05, 3.63) is 12.7 Å². The van der Waals surface area contributed by atoms with E-state index in [2.05, 4.69) is 6.58 Å². The van der Waals surface area contributed by atoms with Crippen molar-refractivity contribution in [2.75, 3.05) is 0 Å². The quantitative estimate of drug-likeness (QED) is 0.554. The molecule has 0 spiro atoms. The molecule has 0 fully saturated rings. The Balaban J connectivity index is 4.23. The fraction of sp³-hybridized carbons (Fsp3) is 0.714. The Kier molecular flexibility index (Phi) is 6.01. The van der Waals surface area contributed by atoms with Crippen LogP contribution in [0.4, 0.5) is 0 Å². The molecule has 3 nitrogen and oxygen atoms in total. The van der Waals surface area contributed by atoms with Crippen molar-refractivity contribution >= 4 is 26.9 Å². The average molecular weight is 236 g/mol. The zero-order chi connectivity index (χ0) is 10.5. The fourth-order valence-electron chi connectivity index (χ4n) is 1.04. The fourth-order valence-corrected chi connectivity index (χ4v) is 8.79. The van der Waals surface area contributed by atoms with Crippen LogP contribution >= 0.6 is 0 Å². The van der Waals surface area contributed by atoms with Crippen LogP contribution in [-0.2, 0) is 8.23 Å². The van der Waals surface area contributed by atoms with Gasteiger partial charge in [-0.1, -0.05) is 6.08 Å². The molecule has 0 saturated heterocycles. The van der Waals surface area contributed by atoms with Gasteiger partial charge in [-0.05, 0) is 26.2 Å². The van der Waals surface area contributed by atoms with Gasteiger partial charge in [0.2, 0.25) is 0 Å². The highest BCUT2D eigenvalue weighted by atomic mass is 28.5. The largest absolute Gasteiger partial charge is 0.480 e. The second kappa shape index (κ2) is 5.89. The second-order valence-electron chi connectivity index (χ2n) is 3.54. The van der Waals surface area contributed by atoms with E-state index in [0.29, 0.717) is 6.04 Å². The second-order valence-corrected chi connectivity index (χ2v) is 11.5. The summed E-state index contributed by atoms with van der Waals surface area (Å²) in [6.45, 7) is 11.7. The van der Waals surface area contributed by atoms with Crippen LogP contribution in [0.5, 0.6) is 0 Å². The number of allylic oxidation sites excluding steroid dienone is 1. The number of rotatable bonds is 6. The van der Waals surface area contributed by atoms with Gasteiger partial charge in [0.1, 0.15) is 0 Å². The minimum absolute atomic E-state index is 0.476. The van der Waals surface area contributed by atoms with Gasteiger partial charge in [-0.25, -0.2) is 0 Å². The Morgan fingerprint density at radius 1 is 1.23 bits per heavy atom. The van der Waals surface area contributed by atoms with Gasteiger partial charge in [-0.3, -0.25) is 0 Å². The van der Waals surface area contributed by atoms with Crippen LogP contribution < -0.4 is 0 Å². The molecule has 0 aromatic heterocycles.